The van der Waals surface area contributed by atoms with Crippen molar-refractivity contribution >= 4 is 18.3 Å². The Hall–Kier alpha value is -1.06. The third kappa shape index (κ3) is 8.97. The minimum Gasteiger partial charge on any atom is -0.356 e. The molecule has 1 aromatic carbocycles. The van der Waals surface area contributed by atoms with Crippen LogP contribution < -0.4 is 5.32 Å². The van der Waals surface area contributed by atoms with Crippen LogP contribution in [0.4, 0.5) is 0 Å². The van der Waals surface area contributed by atoms with Crippen LogP contribution in [-0.2, 0) is 11.2 Å². The Morgan fingerprint density at radius 2 is 1.70 bits per heavy atom. The highest BCUT2D eigenvalue weighted by Gasteiger charge is 2.14. The monoisotopic (exact) mass is 340 g/mol. The van der Waals surface area contributed by atoms with E-state index in [-0.39, 0.29) is 24.2 Å². The van der Waals surface area contributed by atoms with Gasteiger partial charge < -0.3 is 10.2 Å². The lowest BCUT2D eigenvalue weighted by atomic mass is 9.96. The van der Waals surface area contributed by atoms with Gasteiger partial charge in [-0.25, -0.2) is 0 Å². The maximum atomic E-state index is 12.2. The summed E-state index contributed by atoms with van der Waals surface area (Å²) in [7, 11) is 4.15. The van der Waals surface area contributed by atoms with E-state index in [1.54, 1.807) is 0 Å². The summed E-state index contributed by atoms with van der Waals surface area (Å²) in [6.45, 7) is 8.26. The molecule has 23 heavy (non-hydrogen) atoms. The van der Waals surface area contributed by atoms with E-state index < -0.39 is 0 Å². The minimum atomic E-state index is -0.0815. The number of hydrogen-bond donors (Lipinski definition) is 1. The molecule has 1 N–H and O–H groups in total. The van der Waals surface area contributed by atoms with Gasteiger partial charge in [-0.1, -0.05) is 38.1 Å². The molecule has 0 fully saturated rings. The summed E-state index contributed by atoms with van der Waals surface area (Å²) in [4.78, 5) is 14.4. The summed E-state index contributed by atoms with van der Waals surface area (Å²) in [6, 6.07) is 8.48. The quantitative estimate of drug-likeness (QED) is 0.692. The van der Waals surface area contributed by atoms with Gasteiger partial charge in [-0.15, -0.1) is 12.4 Å². The zero-order chi connectivity index (χ0) is 16.5. The van der Waals surface area contributed by atoms with Crippen molar-refractivity contribution in [3.8, 4) is 0 Å². The van der Waals surface area contributed by atoms with Crippen molar-refractivity contribution in [2.45, 2.75) is 46.0 Å². The van der Waals surface area contributed by atoms with Crippen LogP contribution in [0, 0.1) is 5.92 Å². The fraction of sp³-hybridized carbons (Fsp3) is 0.632. The van der Waals surface area contributed by atoms with Crippen LogP contribution in [0.15, 0.2) is 24.3 Å². The molecular weight excluding hydrogens is 308 g/mol. The number of benzene rings is 1. The highest BCUT2D eigenvalue weighted by molar-refractivity contribution is 5.85. The SMILES string of the molecule is CC(C)Cc1ccc(C(C)C(=O)NCCCCN(C)C)cc1.Cl. The lowest BCUT2D eigenvalue weighted by Gasteiger charge is -2.14. The molecule has 0 spiro atoms. The molecule has 0 saturated carbocycles. The number of halogens is 1. The first kappa shape index (κ1) is 21.9. The predicted molar refractivity (Wildman–Crippen MR) is 101 cm³/mol. The zero-order valence-corrected chi connectivity index (χ0v) is 16.1. The Bertz CT molecular complexity index is 443. The number of amides is 1. The first-order valence-corrected chi connectivity index (χ1v) is 8.41. The van der Waals surface area contributed by atoms with Gasteiger partial charge >= 0.3 is 0 Å². The molecule has 0 heterocycles. The normalized spacial score (nSPS) is 12.1. The highest BCUT2D eigenvalue weighted by Crippen LogP contribution is 2.17. The molecule has 4 heteroatoms. The number of unbranched alkanes of at least 4 members (excludes halogenated alkanes) is 1. The van der Waals surface area contributed by atoms with Crippen molar-refractivity contribution in [1.29, 1.82) is 0 Å². The van der Waals surface area contributed by atoms with Crippen molar-refractivity contribution in [1.82, 2.24) is 10.2 Å². The molecule has 0 saturated heterocycles. The third-order valence-electron chi connectivity index (χ3n) is 3.85. The van der Waals surface area contributed by atoms with Gasteiger partial charge in [0, 0.05) is 6.54 Å². The fourth-order valence-electron chi connectivity index (χ4n) is 2.48. The molecule has 0 aliphatic heterocycles. The number of carbonyl (C=O) groups excluding carboxylic acids is 1. The molecule has 1 amide bonds. The van der Waals surface area contributed by atoms with E-state index in [4.69, 9.17) is 0 Å². The van der Waals surface area contributed by atoms with Gasteiger partial charge in [0.15, 0.2) is 0 Å². The van der Waals surface area contributed by atoms with Crippen LogP contribution in [0.5, 0.6) is 0 Å². The van der Waals surface area contributed by atoms with Crippen LogP contribution in [0.1, 0.15) is 50.7 Å². The lowest BCUT2D eigenvalue weighted by Crippen LogP contribution is -2.29. The van der Waals surface area contributed by atoms with Crippen molar-refractivity contribution in [2.75, 3.05) is 27.2 Å². The predicted octanol–water partition coefficient (Wildman–Crippen LogP) is 3.87. The van der Waals surface area contributed by atoms with Gasteiger partial charge in [-0.05, 0) is 63.9 Å². The molecule has 0 aliphatic carbocycles. The van der Waals surface area contributed by atoms with Crippen LogP contribution in [0.25, 0.3) is 0 Å². The number of carbonyl (C=O) groups is 1. The number of nitrogens with one attached hydrogen (secondary N) is 1. The standard InChI is InChI=1S/C19H32N2O.ClH/c1-15(2)14-17-8-10-18(11-9-17)16(3)19(22)20-12-6-7-13-21(4)5;/h8-11,15-16H,6-7,12-14H2,1-5H3,(H,20,22);1H. The van der Waals surface area contributed by atoms with E-state index in [9.17, 15) is 4.79 Å². The fourth-order valence-corrected chi connectivity index (χ4v) is 2.48. The molecule has 0 bridgehead atoms. The summed E-state index contributed by atoms with van der Waals surface area (Å²) >= 11 is 0. The Morgan fingerprint density at radius 3 is 2.22 bits per heavy atom. The third-order valence-corrected chi connectivity index (χ3v) is 3.85. The van der Waals surface area contributed by atoms with Crippen LogP contribution >= 0.6 is 12.4 Å². The highest BCUT2D eigenvalue weighted by atomic mass is 35.5. The van der Waals surface area contributed by atoms with Gasteiger partial charge in [0.1, 0.15) is 0 Å². The van der Waals surface area contributed by atoms with Crippen LogP contribution in [-0.4, -0.2) is 38.0 Å². The molecule has 1 aromatic rings. The van der Waals surface area contributed by atoms with Crippen molar-refractivity contribution < 1.29 is 4.79 Å². The number of rotatable bonds is 9. The van der Waals surface area contributed by atoms with Gasteiger partial charge in [0.25, 0.3) is 0 Å². The van der Waals surface area contributed by atoms with E-state index in [0.29, 0.717) is 5.92 Å². The largest absolute Gasteiger partial charge is 0.356 e. The molecule has 1 unspecified atom stereocenters. The van der Waals surface area contributed by atoms with Crippen molar-refractivity contribution in [3.05, 3.63) is 35.4 Å². The molecule has 132 valence electrons. The summed E-state index contributed by atoms with van der Waals surface area (Å²) < 4.78 is 0. The minimum absolute atomic E-state index is 0. The van der Waals surface area contributed by atoms with Crippen LogP contribution in [0.3, 0.4) is 0 Å². The Kier molecular flexibility index (Phi) is 10.9. The zero-order valence-electron chi connectivity index (χ0n) is 15.3. The van der Waals surface area contributed by atoms with Gasteiger partial charge in [-0.3, -0.25) is 4.79 Å². The summed E-state index contributed by atoms with van der Waals surface area (Å²) in [5, 5.41) is 3.04. The molecule has 1 rings (SSSR count). The Labute approximate surface area is 148 Å². The first-order chi connectivity index (χ1) is 10.4. The maximum Gasteiger partial charge on any atom is 0.227 e. The Balaban J connectivity index is 0.00000484. The molecular formula is C19H33ClN2O. The summed E-state index contributed by atoms with van der Waals surface area (Å²) in [6.07, 6.45) is 3.24. The van der Waals surface area contributed by atoms with Crippen LogP contribution in [0.2, 0.25) is 0 Å². The first-order valence-electron chi connectivity index (χ1n) is 8.41. The molecule has 1 atom stereocenters. The van der Waals surface area contributed by atoms with E-state index in [1.807, 2.05) is 6.92 Å². The van der Waals surface area contributed by atoms with Gasteiger partial charge in [-0.2, -0.15) is 0 Å². The number of nitrogens with zero attached hydrogens (tertiary/aromatic N) is 1. The second-order valence-electron chi connectivity index (χ2n) is 6.86. The van der Waals surface area contributed by atoms with Gasteiger partial charge in [0.05, 0.1) is 5.92 Å². The average Bonchev–Trinajstić information content (AvgIpc) is 2.45. The Morgan fingerprint density at radius 1 is 1.09 bits per heavy atom. The average molecular weight is 341 g/mol. The van der Waals surface area contributed by atoms with E-state index in [2.05, 4.69) is 62.4 Å². The molecule has 0 aliphatic rings. The van der Waals surface area contributed by atoms with Gasteiger partial charge in [0.2, 0.25) is 5.91 Å². The summed E-state index contributed by atoms with van der Waals surface area (Å²) in [5.74, 6) is 0.706. The molecule has 0 radical (unpaired) electrons. The maximum absolute atomic E-state index is 12.2. The van der Waals surface area contributed by atoms with Crippen molar-refractivity contribution in [3.63, 3.8) is 0 Å². The second-order valence-corrected chi connectivity index (χ2v) is 6.86. The van der Waals surface area contributed by atoms with E-state index >= 15 is 0 Å². The van der Waals surface area contributed by atoms with E-state index in [0.717, 1.165) is 37.9 Å². The number of hydrogen-bond acceptors (Lipinski definition) is 2. The lowest BCUT2D eigenvalue weighted by molar-refractivity contribution is -0.122. The van der Waals surface area contributed by atoms with Crippen molar-refractivity contribution in [2.24, 2.45) is 5.92 Å². The van der Waals surface area contributed by atoms with E-state index in [1.165, 1.54) is 5.56 Å². The summed E-state index contributed by atoms with van der Waals surface area (Å²) in [5.41, 5.74) is 2.44. The molecule has 0 aromatic heterocycles. The second kappa shape index (κ2) is 11.5. The topological polar surface area (TPSA) is 32.3 Å². The molecule has 3 nitrogen and oxygen atoms in total. The smallest absolute Gasteiger partial charge is 0.227 e.